The molecule has 0 spiro atoms. The van der Waals surface area contributed by atoms with Crippen LogP contribution in [0.3, 0.4) is 0 Å². The molecule has 0 bridgehead atoms. The van der Waals surface area contributed by atoms with Gasteiger partial charge in [-0.15, -0.1) is 0 Å². The number of hydrogen-bond donors (Lipinski definition) is 3. The zero-order valence-corrected chi connectivity index (χ0v) is 58.5. The van der Waals surface area contributed by atoms with Gasteiger partial charge in [-0.25, -0.2) is 9.13 Å². The SMILES string of the molecule is CCCCCC/C=C\C=C/CCCCCCCC(=O)O[C@H](COC(=O)CCCCCCCCC(C)CC)COP(=O)(O)OCC(O)COP(=O)(O)OC[C@@H](COC(=O)CCCCCCCCCCC(C)C)OC(=O)CCCCCCCCCCC(C)CC. The maximum absolute atomic E-state index is 13.0. The molecule has 0 saturated heterocycles. The van der Waals surface area contributed by atoms with Crippen LogP contribution in [-0.2, 0) is 65.4 Å². The van der Waals surface area contributed by atoms with Gasteiger partial charge in [-0.2, -0.15) is 0 Å². The number of phosphoric acid groups is 2. The number of unbranched alkanes of at least 4 members (excludes halogenated alkanes) is 28. The third-order valence-corrected chi connectivity index (χ3v) is 17.9. The van der Waals surface area contributed by atoms with Gasteiger partial charge >= 0.3 is 39.5 Å². The van der Waals surface area contributed by atoms with Crippen LogP contribution >= 0.6 is 15.6 Å². The Labute approximate surface area is 535 Å². The van der Waals surface area contributed by atoms with E-state index in [1.54, 1.807) is 0 Å². The monoisotopic (exact) mass is 1290 g/mol. The van der Waals surface area contributed by atoms with Gasteiger partial charge in [-0.3, -0.25) is 37.3 Å². The van der Waals surface area contributed by atoms with Crippen LogP contribution in [-0.4, -0.2) is 96.7 Å². The zero-order chi connectivity index (χ0) is 65.2. The summed E-state index contributed by atoms with van der Waals surface area (Å²) in [6.07, 6.45) is 45.3. The van der Waals surface area contributed by atoms with E-state index in [4.69, 9.17) is 37.0 Å². The standard InChI is InChI=1S/C69H130O17P2/c1-8-11-12-13-14-15-16-17-18-19-20-21-29-38-45-52-68(73)85-65(57-80-67(72)51-44-37-32-31-35-42-49-62(7)10-3)59-84-88(77,78)82-55-63(70)54-81-87(75,76)83-58-64(56-79-66(71)50-43-36-28-24-22-26-33-40-47-60(4)5)86-69(74)53-46-39-30-25-23-27-34-41-48-61(6)9-2/h15-18,60-65,70H,8-14,19-59H2,1-7H3,(H,75,76)(H,77,78)/b16-15-,18-17-/t61?,62?,63?,64-,65-/m1/s1. The Kier molecular flexibility index (Phi) is 57.9. The number of ether oxygens (including phenoxy) is 4. The second kappa shape index (κ2) is 59.5. The van der Waals surface area contributed by atoms with Crippen molar-refractivity contribution in [3.63, 3.8) is 0 Å². The molecule has 0 aromatic heterocycles. The molecule has 0 aromatic rings. The third-order valence-electron chi connectivity index (χ3n) is 16.0. The summed E-state index contributed by atoms with van der Waals surface area (Å²) in [6, 6.07) is 0. The van der Waals surface area contributed by atoms with Gasteiger partial charge in [0.15, 0.2) is 12.2 Å². The Balaban J connectivity index is 5.30. The van der Waals surface area contributed by atoms with E-state index in [0.717, 1.165) is 127 Å². The van der Waals surface area contributed by atoms with Crippen molar-refractivity contribution in [1.82, 2.24) is 0 Å². The first-order valence-corrected chi connectivity index (χ1v) is 38.2. The van der Waals surface area contributed by atoms with Gasteiger partial charge in [0.25, 0.3) is 0 Å². The molecule has 19 heteroatoms. The molecule has 7 atom stereocenters. The van der Waals surface area contributed by atoms with E-state index in [0.29, 0.717) is 25.7 Å². The largest absolute Gasteiger partial charge is 0.472 e. The van der Waals surface area contributed by atoms with Crippen LogP contribution < -0.4 is 0 Å². The molecule has 0 aliphatic heterocycles. The number of aliphatic hydroxyl groups excluding tert-OH is 1. The topological polar surface area (TPSA) is 237 Å². The molecule has 0 amide bonds. The Hall–Kier alpha value is -2.46. The van der Waals surface area contributed by atoms with Gasteiger partial charge in [-0.1, -0.05) is 265 Å². The molecule has 88 heavy (non-hydrogen) atoms. The van der Waals surface area contributed by atoms with E-state index >= 15 is 0 Å². The Morgan fingerprint density at radius 3 is 1.01 bits per heavy atom. The fourth-order valence-corrected chi connectivity index (χ4v) is 11.3. The van der Waals surface area contributed by atoms with Crippen molar-refractivity contribution in [3.05, 3.63) is 24.3 Å². The lowest BCUT2D eigenvalue weighted by Gasteiger charge is -2.21. The molecule has 0 saturated carbocycles. The second-order valence-electron chi connectivity index (χ2n) is 25.2. The van der Waals surface area contributed by atoms with Crippen molar-refractivity contribution in [2.24, 2.45) is 17.8 Å². The predicted octanol–water partition coefficient (Wildman–Crippen LogP) is 19.0. The van der Waals surface area contributed by atoms with Crippen LogP contribution in [0.1, 0.15) is 318 Å². The second-order valence-corrected chi connectivity index (χ2v) is 28.1. The molecule has 0 heterocycles. The minimum absolute atomic E-state index is 0.0835. The molecular formula is C69H130O17P2. The average Bonchev–Trinajstić information content (AvgIpc) is 3.52. The van der Waals surface area contributed by atoms with E-state index in [1.807, 2.05) is 0 Å². The molecule has 5 unspecified atom stereocenters. The molecule has 0 fully saturated rings. The quantitative estimate of drug-likeness (QED) is 0.0169. The number of rotatable bonds is 65. The Morgan fingerprint density at radius 1 is 0.375 bits per heavy atom. The summed E-state index contributed by atoms with van der Waals surface area (Å²) >= 11 is 0. The highest BCUT2D eigenvalue weighted by Gasteiger charge is 2.30. The first kappa shape index (κ1) is 85.5. The van der Waals surface area contributed by atoms with Crippen LogP contribution in [0.15, 0.2) is 24.3 Å². The zero-order valence-electron chi connectivity index (χ0n) is 56.7. The first-order chi connectivity index (χ1) is 42.3. The summed E-state index contributed by atoms with van der Waals surface area (Å²) in [6.45, 7) is 11.7. The molecular weight excluding hydrogens is 1160 g/mol. The summed E-state index contributed by atoms with van der Waals surface area (Å²) in [5, 5.41) is 10.6. The van der Waals surface area contributed by atoms with Crippen molar-refractivity contribution in [2.45, 2.75) is 336 Å². The summed E-state index contributed by atoms with van der Waals surface area (Å²) < 4.78 is 68.2. The minimum atomic E-state index is -4.96. The normalized spacial score (nSPS) is 15.0. The van der Waals surface area contributed by atoms with Crippen LogP contribution in [0.5, 0.6) is 0 Å². The van der Waals surface area contributed by atoms with Gasteiger partial charge in [0.2, 0.25) is 0 Å². The molecule has 0 radical (unpaired) electrons. The highest BCUT2D eigenvalue weighted by molar-refractivity contribution is 7.47. The van der Waals surface area contributed by atoms with Crippen molar-refractivity contribution in [2.75, 3.05) is 39.6 Å². The minimum Gasteiger partial charge on any atom is -0.462 e. The lowest BCUT2D eigenvalue weighted by molar-refractivity contribution is -0.161. The van der Waals surface area contributed by atoms with Gasteiger partial charge < -0.3 is 33.8 Å². The molecule has 0 aliphatic rings. The van der Waals surface area contributed by atoms with E-state index in [1.165, 1.54) is 109 Å². The molecule has 518 valence electrons. The van der Waals surface area contributed by atoms with Crippen LogP contribution in [0.2, 0.25) is 0 Å². The fourth-order valence-electron chi connectivity index (χ4n) is 9.76. The maximum Gasteiger partial charge on any atom is 0.472 e. The van der Waals surface area contributed by atoms with Crippen LogP contribution in [0.4, 0.5) is 0 Å². The third kappa shape index (κ3) is 59.8. The van der Waals surface area contributed by atoms with Crippen LogP contribution in [0, 0.1) is 17.8 Å². The van der Waals surface area contributed by atoms with E-state index in [2.05, 4.69) is 72.8 Å². The van der Waals surface area contributed by atoms with E-state index < -0.39 is 97.5 Å². The summed E-state index contributed by atoms with van der Waals surface area (Å²) in [5.74, 6) is 0.0580. The van der Waals surface area contributed by atoms with Gasteiger partial charge in [-0.05, 0) is 69.1 Å². The number of carbonyl (C=O) groups is 4. The molecule has 0 aliphatic carbocycles. The van der Waals surface area contributed by atoms with Crippen LogP contribution in [0.25, 0.3) is 0 Å². The van der Waals surface area contributed by atoms with E-state index in [9.17, 15) is 43.2 Å². The predicted molar refractivity (Wildman–Crippen MR) is 354 cm³/mol. The van der Waals surface area contributed by atoms with Crippen molar-refractivity contribution in [3.8, 4) is 0 Å². The van der Waals surface area contributed by atoms with Crippen molar-refractivity contribution >= 4 is 39.5 Å². The lowest BCUT2D eigenvalue weighted by atomic mass is 9.99. The van der Waals surface area contributed by atoms with Gasteiger partial charge in [0.05, 0.1) is 26.4 Å². The summed E-state index contributed by atoms with van der Waals surface area (Å²) in [4.78, 5) is 72.4. The highest BCUT2D eigenvalue weighted by Crippen LogP contribution is 2.45. The number of aliphatic hydroxyl groups is 1. The average molecular weight is 1290 g/mol. The molecule has 0 aromatic carbocycles. The number of carbonyl (C=O) groups excluding carboxylic acids is 4. The maximum atomic E-state index is 13.0. The Bertz CT molecular complexity index is 1830. The first-order valence-electron chi connectivity index (χ1n) is 35.2. The smallest absolute Gasteiger partial charge is 0.462 e. The fraction of sp³-hybridized carbons (Fsp3) is 0.884. The van der Waals surface area contributed by atoms with E-state index in [-0.39, 0.29) is 25.7 Å². The lowest BCUT2D eigenvalue weighted by Crippen LogP contribution is -2.30. The Morgan fingerprint density at radius 2 is 0.670 bits per heavy atom. The summed E-state index contributed by atoms with van der Waals surface area (Å²) in [5.41, 5.74) is 0. The van der Waals surface area contributed by atoms with Crippen molar-refractivity contribution in [1.29, 1.82) is 0 Å². The highest BCUT2D eigenvalue weighted by atomic mass is 31.2. The molecule has 3 N–H and O–H groups in total. The molecule has 0 rings (SSSR count). The van der Waals surface area contributed by atoms with Gasteiger partial charge in [0.1, 0.15) is 19.3 Å². The number of hydrogen-bond acceptors (Lipinski definition) is 15. The number of esters is 4. The van der Waals surface area contributed by atoms with Gasteiger partial charge in [0, 0.05) is 25.7 Å². The van der Waals surface area contributed by atoms with Crippen molar-refractivity contribution < 1.29 is 80.2 Å². The summed E-state index contributed by atoms with van der Waals surface area (Å²) in [7, 11) is -9.91. The molecule has 17 nitrogen and oxygen atoms in total. The number of phosphoric ester groups is 2. The number of allylic oxidation sites excluding steroid dienone is 4.